The van der Waals surface area contributed by atoms with E-state index in [1.165, 1.54) is 19.3 Å². The highest BCUT2D eigenvalue weighted by molar-refractivity contribution is 9.10. The number of benzene rings is 1. The third-order valence-corrected chi connectivity index (χ3v) is 3.20. The van der Waals surface area contributed by atoms with Crippen molar-refractivity contribution >= 4 is 15.9 Å². The van der Waals surface area contributed by atoms with E-state index < -0.39 is 0 Å². The number of unbranched alkanes of at least 4 members (excludes halogenated alkanes) is 2. The third-order valence-electron chi connectivity index (χ3n) is 2.71. The van der Waals surface area contributed by atoms with Crippen LogP contribution in [0.15, 0.2) is 22.7 Å². The zero-order valence-corrected chi connectivity index (χ0v) is 11.6. The number of hydrogen-bond donors (Lipinski definition) is 1. The molecule has 16 heavy (non-hydrogen) atoms. The van der Waals surface area contributed by atoms with E-state index in [1.807, 2.05) is 12.1 Å². The molecule has 2 nitrogen and oxygen atoms in total. The maximum atomic E-state index is 6.18. The lowest BCUT2D eigenvalue weighted by Crippen LogP contribution is -2.11. The van der Waals surface area contributed by atoms with E-state index in [9.17, 15) is 0 Å². The van der Waals surface area contributed by atoms with Crippen LogP contribution in [0.2, 0.25) is 0 Å². The fourth-order valence-electron chi connectivity index (χ4n) is 1.76. The first-order valence-corrected chi connectivity index (χ1v) is 6.57. The highest BCUT2D eigenvalue weighted by Gasteiger charge is 2.11. The number of hydrogen-bond acceptors (Lipinski definition) is 2. The molecule has 0 saturated heterocycles. The van der Waals surface area contributed by atoms with Gasteiger partial charge in [-0.15, -0.1) is 0 Å². The fourth-order valence-corrected chi connectivity index (χ4v) is 2.14. The Bertz CT molecular complexity index is 328. The number of methoxy groups -OCH3 is 1. The van der Waals surface area contributed by atoms with Gasteiger partial charge in [-0.05, 0) is 24.6 Å². The van der Waals surface area contributed by atoms with Gasteiger partial charge in [0.1, 0.15) is 5.75 Å². The average Bonchev–Trinajstić information content (AvgIpc) is 2.29. The van der Waals surface area contributed by atoms with Crippen LogP contribution < -0.4 is 10.5 Å². The first-order valence-electron chi connectivity index (χ1n) is 5.78. The largest absolute Gasteiger partial charge is 0.496 e. The molecule has 0 saturated carbocycles. The van der Waals surface area contributed by atoms with Gasteiger partial charge in [0.25, 0.3) is 0 Å². The first kappa shape index (κ1) is 13.5. The molecule has 0 aliphatic carbocycles. The Morgan fingerprint density at radius 1 is 1.38 bits per heavy atom. The van der Waals surface area contributed by atoms with Crippen molar-refractivity contribution in [3.63, 3.8) is 0 Å². The summed E-state index contributed by atoms with van der Waals surface area (Å²) in [5.41, 5.74) is 7.27. The van der Waals surface area contributed by atoms with Gasteiger partial charge in [-0.1, -0.05) is 42.1 Å². The van der Waals surface area contributed by atoms with Crippen molar-refractivity contribution in [3.05, 3.63) is 28.2 Å². The molecule has 0 spiro atoms. The number of ether oxygens (including phenoxy) is 1. The van der Waals surface area contributed by atoms with E-state index >= 15 is 0 Å². The summed E-state index contributed by atoms with van der Waals surface area (Å²) < 4.78 is 6.38. The zero-order chi connectivity index (χ0) is 12.0. The Morgan fingerprint density at radius 2 is 2.12 bits per heavy atom. The van der Waals surface area contributed by atoms with E-state index in [1.54, 1.807) is 7.11 Å². The minimum Gasteiger partial charge on any atom is -0.496 e. The van der Waals surface area contributed by atoms with Gasteiger partial charge >= 0.3 is 0 Å². The Balaban J connectivity index is 2.72. The molecule has 3 heteroatoms. The van der Waals surface area contributed by atoms with Crippen molar-refractivity contribution in [3.8, 4) is 5.75 Å². The minimum atomic E-state index is 0.0685. The molecule has 1 atom stereocenters. The number of rotatable bonds is 6. The lowest BCUT2D eigenvalue weighted by molar-refractivity contribution is 0.403. The molecule has 0 fully saturated rings. The zero-order valence-electron chi connectivity index (χ0n) is 10.0. The Hall–Kier alpha value is -0.540. The van der Waals surface area contributed by atoms with Gasteiger partial charge in [0.2, 0.25) is 0 Å². The monoisotopic (exact) mass is 285 g/mol. The van der Waals surface area contributed by atoms with Crippen molar-refractivity contribution < 1.29 is 4.74 Å². The second-order valence-electron chi connectivity index (χ2n) is 3.99. The molecule has 0 aliphatic heterocycles. The smallest absolute Gasteiger partial charge is 0.123 e. The van der Waals surface area contributed by atoms with E-state index in [0.717, 1.165) is 22.2 Å². The average molecular weight is 286 g/mol. The Labute approximate surface area is 106 Å². The van der Waals surface area contributed by atoms with E-state index in [4.69, 9.17) is 10.5 Å². The quantitative estimate of drug-likeness (QED) is 0.801. The van der Waals surface area contributed by atoms with Crippen LogP contribution >= 0.6 is 15.9 Å². The second kappa shape index (κ2) is 6.92. The molecule has 0 aromatic heterocycles. The van der Waals surface area contributed by atoms with Crippen molar-refractivity contribution in [1.29, 1.82) is 0 Å². The topological polar surface area (TPSA) is 35.2 Å². The summed E-state index contributed by atoms with van der Waals surface area (Å²) in [4.78, 5) is 0. The van der Waals surface area contributed by atoms with Crippen LogP contribution in [-0.4, -0.2) is 7.11 Å². The molecule has 0 radical (unpaired) electrons. The van der Waals surface area contributed by atoms with E-state index in [-0.39, 0.29) is 6.04 Å². The van der Waals surface area contributed by atoms with Crippen LogP contribution in [0.5, 0.6) is 5.75 Å². The van der Waals surface area contributed by atoms with Gasteiger partial charge in [0, 0.05) is 16.1 Å². The molecule has 0 amide bonds. The molecular weight excluding hydrogens is 266 g/mol. The first-order chi connectivity index (χ1) is 7.69. The van der Waals surface area contributed by atoms with Gasteiger partial charge in [0.05, 0.1) is 7.11 Å². The predicted molar refractivity (Wildman–Crippen MR) is 71.8 cm³/mol. The summed E-state index contributed by atoms with van der Waals surface area (Å²) >= 11 is 3.46. The lowest BCUT2D eigenvalue weighted by Gasteiger charge is -2.15. The van der Waals surface area contributed by atoms with E-state index in [0.29, 0.717) is 0 Å². The summed E-state index contributed by atoms with van der Waals surface area (Å²) in [7, 11) is 1.69. The third kappa shape index (κ3) is 3.80. The maximum Gasteiger partial charge on any atom is 0.123 e. The van der Waals surface area contributed by atoms with Crippen LogP contribution in [0, 0.1) is 0 Å². The lowest BCUT2D eigenvalue weighted by atomic mass is 10.0. The number of halogens is 1. The van der Waals surface area contributed by atoms with Gasteiger partial charge in [-0.25, -0.2) is 0 Å². The molecule has 0 heterocycles. The van der Waals surface area contributed by atoms with Gasteiger partial charge in [0.15, 0.2) is 0 Å². The Kier molecular flexibility index (Phi) is 5.85. The second-order valence-corrected chi connectivity index (χ2v) is 4.90. The molecule has 1 aromatic rings. The summed E-state index contributed by atoms with van der Waals surface area (Å²) in [5, 5.41) is 0. The van der Waals surface area contributed by atoms with Crippen LogP contribution in [0.3, 0.4) is 0 Å². The molecule has 0 unspecified atom stereocenters. The summed E-state index contributed by atoms with van der Waals surface area (Å²) in [6.07, 6.45) is 4.65. The van der Waals surface area contributed by atoms with Crippen LogP contribution in [0.1, 0.15) is 44.2 Å². The predicted octanol–water partition coefficient (Wildman–Crippen LogP) is 4.04. The summed E-state index contributed by atoms with van der Waals surface area (Å²) in [5.74, 6) is 0.882. The standard InChI is InChI=1S/C13H20BrNO/c1-3-4-5-6-12(15)11-9-10(14)7-8-13(11)16-2/h7-9,12H,3-6,15H2,1-2H3/t12-/m1/s1. The maximum absolute atomic E-state index is 6.18. The highest BCUT2D eigenvalue weighted by atomic mass is 79.9. The van der Waals surface area contributed by atoms with Crippen LogP contribution in [-0.2, 0) is 0 Å². The number of nitrogens with two attached hydrogens (primary N) is 1. The normalized spacial score (nSPS) is 12.5. The summed E-state index contributed by atoms with van der Waals surface area (Å²) in [6, 6.07) is 6.05. The van der Waals surface area contributed by atoms with Gasteiger partial charge in [-0.2, -0.15) is 0 Å². The van der Waals surface area contributed by atoms with Gasteiger partial charge < -0.3 is 10.5 Å². The minimum absolute atomic E-state index is 0.0685. The fraction of sp³-hybridized carbons (Fsp3) is 0.538. The van der Waals surface area contributed by atoms with Crippen LogP contribution in [0.4, 0.5) is 0 Å². The molecule has 0 bridgehead atoms. The van der Waals surface area contributed by atoms with E-state index in [2.05, 4.69) is 28.9 Å². The Morgan fingerprint density at radius 3 is 2.75 bits per heavy atom. The SMILES string of the molecule is CCCCC[C@@H](N)c1cc(Br)ccc1OC. The summed E-state index contributed by atoms with van der Waals surface area (Å²) in [6.45, 7) is 2.20. The molecular formula is C13H20BrNO. The molecule has 1 rings (SSSR count). The van der Waals surface area contributed by atoms with Crippen molar-refractivity contribution in [1.82, 2.24) is 0 Å². The molecule has 2 N–H and O–H groups in total. The molecule has 90 valence electrons. The van der Waals surface area contributed by atoms with Crippen LogP contribution in [0.25, 0.3) is 0 Å². The van der Waals surface area contributed by atoms with Crippen molar-refractivity contribution in [2.24, 2.45) is 5.73 Å². The van der Waals surface area contributed by atoms with Crippen molar-refractivity contribution in [2.75, 3.05) is 7.11 Å². The van der Waals surface area contributed by atoms with Crippen molar-refractivity contribution in [2.45, 2.75) is 38.6 Å². The molecule has 1 aromatic carbocycles. The molecule has 0 aliphatic rings. The van der Waals surface area contributed by atoms with Gasteiger partial charge in [-0.3, -0.25) is 0 Å². The highest BCUT2D eigenvalue weighted by Crippen LogP contribution is 2.29.